The number of aliphatic hydroxyl groups is 1. The summed E-state index contributed by atoms with van der Waals surface area (Å²) in [6.07, 6.45) is -1.58. The number of methoxy groups -OCH3 is 1. The Morgan fingerprint density at radius 1 is 1.44 bits per heavy atom. The summed E-state index contributed by atoms with van der Waals surface area (Å²) >= 11 is 0. The number of aliphatic hydroxyl groups excluding tert-OH is 1. The van der Waals surface area contributed by atoms with E-state index in [1.54, 1.807) is 6.92 Å². The summed E-state index contributed by atoms with van der Waals surface area (Å²) in [6, 6.07) is 2.83. The van der Waals surface area contributed by atoms with Crippen LogP contribution in [0.5, 0.6) is 11.5 Å². The molecule has 0 radical (unpaired) electrons. The Bertz CT molecular complexity index is 440. The van der Waals surface area contributed by atoms with Crippen LogP contribution in [-0.4, -0.2) is 29.4 Å². The van der Waals surface area contributed by atoms with E-state index in [1.807, 2.05) is 0 Å². The first kappa shape index (κ1) is 10.8. The molecule has 2 rings (SSSR count). The van der Waals surface area contributed by atoms with Crippen LogP contribution in [0.1, 0.15) is 28.9 Å². The highest BCUT2D eigenvalue weighted by Gasteiger charge is 2.34. The number of rotatable bonds is 1. The van der Waals surface area contributed by atoms with E-state index in [9.17, 15) is 15.0 Å². The third-order valence-electron chi connectivity index (χ3n) is 2.62. The summed E-state index contributed by atoms with van der Waals surface area (Å²) in [7, 11) is 1.44. The number of phenolic OH excluding ortho intramolecular Hbond substituents is 1. The fourth-order valence-electron chi connectivity index (χ4n) is 1.74. The maximum atomic E-state index is 11.5. The van der Waals surface area contributed by atoms with E-state index < -0.39 is 18.2 Å². The maximum absolute atomic E-state index is 11.5. The van der Waals surface area contributed by atoms with E-state index >= 15 is 0 Å². The number of hydrogen-bond acceptors (Lipinski definition) is 5. The SMILES string of the molecule is COc1cc(O)c2c(c1)C(O)C(C)OC2=O. The molecule has 0 aromatic heterocycles. The van der Waals surface area contributed by atoms with Gasteiger partial charge in [0.05, 0.1) is 7.11 Å². The average molecular weight is 224 g/mol. The molecule has 5 nitrogen and oxygen atoms in total. The largest absolute Gasteiger partial charge is 0.507 e. The van der Waals surface area contributed by atoms with Crippen LogP contribution in [0.3, 0.4) is 0 Å². The van der Waals surface area contributed by atoms with Gasteiger partial charge in [0.25, 0.3) is 0 Å². The first-order valence-electron chi connectivity index (χ1n) is 4.84. The number of carbonyl (C=O) groups is 1. The van der Waals surface area contributed by atoms with Crippen LogP contribution in [0, 0.1) is 0 Å². The second kappa shape index (κ2) is 3.68. The molecule has 0 fully saturated rings. The summed E-state index contributed by atoms with van der Waals surface area (Å²) in [5, 5.41) is 19.5. The van der Waals surface area contributed by atoms with Crippen LogP contribution < -0.4 is 4.74 Å². The monoisotopic (exact) mass is 224 g/mol. The number of fused-ring (bicyclic) bond motifs is 1. The zero-order chi connectivity index (χ0) is 11.9. The molecule has 0 saturated carbocycles. The third kappa shape index (κ3) is 1.49. The lowest BCUT2D eigenvalue weighted by molar-refractivity contribution is -0.0217. The zero-order valence-electron chi connectivity index (χ0n) is 8.93. The van der Waals surface area contributed by atoms with Gasteiger partial charge in [-0.2, -0.15) is 0 Å². The molecule has 2 unspecified atom stereocenters. The molecule has 1 aromatic rings. The Balaban J connectivity index is 2.62. The molecule has 0 spiro atoms. The average Bonchev–Trinajstić information content (AvgIpc) is 2.24. The Morgan fingerprint density at radius 2 is 2.12 bits per heavy atom. The van der Waals surface area contributed by atoms with Crippen molar-refractivity contribution in [3.63, 3.8) is 0 Å². The lowest BCUT2D eigenvalue weighted by Crippen LogP contribution is -2.29. The molecular formula is C11H12O5. The van der Waals surface area contributed by atoms with Gasteiger partial charge in [-0.15, -0.1) is 0 Å². The van der Waals surface area contributed by atoms with E-state index in [2.05, 4.69) is 0 Å². The number of carbonyl (C=O) groups excluding carboxylic acids is 1. The molecule has 2 N–H and O–H groups in total. The van der Waals surface area contributed by atoms with Gasteiger partial charge >= 0.3 is 5.97 Å². The summed E-state index contributed by atoms with van der Waals surface area (Å²) in [6.45, 7) is 1.59. The topological polar surface area (TPSA) is 76.0 Å². The van der Waals surface area contributed by atoms with E-state index in [4.69, 9.17) is 9.47 Å². The van der Waals surface area contributed by atoms with Gasteiger partial charge in [0, 0.05) is 11.6 Å². The summed E-state index contributed by atoms with van der Waals surface area (Å²) in [4.78, 5) is 11.5. The van der Waals surface area contributed by atoms with Gasteiger partial charge in [-0.25, -0.2) is 4.79 Å². The first-order valence-corrected chi connectivity index (χ1v) is 4.84. The Morgan fingerprint density at radius 3 is 2.75 bits per heavy atom. The predicted octanol–water partition coefficient (Wildman–Crippen LogP) is 0.993. The van der Waals surface area contributed by atoms with Gasteiger partial charge in [-0.3, -0.25) is 0 Å². The second-order valence-electron chi connectivity index (χ2n) is 3.67. The lowest BCUT2D eigenvalue weighted by Gasteiger charge is -2.27. The normalized spacial score (nSPS) is 23.6. The van der Waals surface area contributed by atoms with Gasteiger partial charge < -0.3 is 19.7 Å². The highest BCUT2D eigenvalue weighted by molar-refractivity contribution is 5.95. The van der Waals surface area contributed by atoms with Crippen LogP contribution in [0.2, 0.25) is 0 Å². The minimum atomic E-state index is -0.950. The first-order chi connectivity index (χ1) is 7.54. The molecule has 0 bridgehead atoms. The van der Waals surface area contributed by atoms with Gasteiger partial charge in [-0.05, 0) is 13.0 Å². The Kier molecular flexibility index (Phi) is 2.47. The van der Waals surface area contributed by atoms with Crippen molar-refractivity contribution in [3.05, 3.63) is 23.3 Å². The molecule has 0 aliphatic carbocycles. The third-order valence-corrected chi connectivity index (χ3v) is 2.62. The van der Waals surface area contributed by atoms with E-state index in [0.29, 0.717) is 11.3 Å². The smallest absolute Gasteiger partial charge is 0.342 e. The zero-order valence-corrected chi connectivity index (χ0v) is 8.93. The van der Waals surface area contributed by atoms with Crippen molar-refractivity contribution in [3.8, 4) is 11.5 Å². The number of benzene rings is 1. The number of ether oxygens (including phenoxy) is 2. The molecule has 0 amide bonds. The van der Waals surface area contributed by atoms with E-state index in [-0.39, 0.29) is 11.3 Å². The van der Waals surface area contributed by atoms with Crippen molar-refractivity contribution in [1.82, 2.24) is 0 Å². The standard InChI is InChI=1S/C11H12O5/c1-5-10(13)7-3-6(15-2)4-8(12)9(7)11(14)16-5/h3-5,10,12-13H,1-2H3. The van der Waals surface area contributed by atoms with E-state index in [1.165, 1.54) is 19.2 Å². The minimum absolute atomic E-state index is 0.00593. The van der Waals surface area contributed by atoms with Crippen LogP contribution in [0.15, 0.2) is 12.1 Å². The van der Waals surface area contributed by atoms with Gasteiger partial charge in [0.1, 0.15) is 29.3 Å². The summed E-state index contributed by atoms with van der Waals surface area (Å²) in [5.74, 6) is -0.490. The number of hydrogen-bond donors (Lipinski definition) is 2. The predicted molar refractivity (Wildman–Crippen MR) is 54.5 cm³/mol. The van der Waals surface area contributed by atoms with Crippen molar-refractivity contribution < 1.29 is 24.5 Å². The number of esters is 1. The lowest BCUT2D eigenvalue weighted by atomic mass is 9.95. The molecule has 1 heterocycles. The molecule has 1 aliphatic rings. The summed E-state index contributed by atoms with van der Waals surface area (Å²) < 4.78 is 9.85. The van der Waals surface area contributed by atoms with Crippen LogP contribution in [0.25, 0.3) is 0 Å². The van der Waals surface area contributed by atoms with Gasteiger partial charge in [0.2, 0.25) is 0 Å². The van der Waals surface area contributed by atoms with Crippen LogP contribution in [-0.2, 0) is 4.74 Å². The van der Waals surface area contributed by atoms with Crippen molar-refractivity contribution in [2.24, 2.45) is 0 Å². The highest BCUT2D eigenvalue weighted by atomic mass is 16.6. The van der Waals surface area contributed by atoms with E-state index in [0.717, 1.165) is 0 Å². The Hall–Kier alpha value is -1.75. The quantitative estimate of drug-likeness (QED) is 0.696. The van der Waals surface area contributed by atoms with Crippen molar-refractivity contribution in [2.75, 3.05) is 7.11 Å². The van der Waals surface area contributed by atoms with Crippen LogP contribution >= 0.6 is 0 Å². The minimum Gasteiger partial charge on any atom is -0.507 e. The molecule has 1 aliphatic heterocycles. The van der Waals surface area contributed by atoms with Gasteiger partial charge in [-0.1, -0.05) is 0 Å². The number of aromatic hydroxyl groups is 1. The summed E-state index contributed by atoms with van der Waals surface area (Å²) in [5.41, 5.74) is 0.340. The molecule has 1 aromatic carbocycles. The van der Waals surface area contributed by atoms with Crippen molar-refractivity contribution in [1.29, 1.82) is 0 Å². The van der Waals surface area contributed by atoms with Crippen molar-refractivity contribution in [2.45, 2.75) is 19.1 Å². The Labute approximate surface area is 92.2 Å². The molecule has 0 saturated heterocycles. The molecule has 86 valence electrons. The maximum Gasteiger partial charge on any atom is 0.342 e. The molecule has 5 heteroatoms. The number of phenols is 1. The number of cyclic esters (lactones) is 1. The molecule has 16 heavy (non-hydrogen) atoms. The fourth-order valence-corrected chi connectivity index (χ4v) is 1.74. The fraction of sp³-hybridized carbons (Fsp3) is 0.364. The molecule has 2 atom stereocenters. The second-order valence-corrected chi connectivity index (χ2v) is 3.67. The van der Waals surface area contributed by atoms with Crippen molar-refractivity contribution >= 4 is 5.97 Å². The highest BCUT2D eigenvalue weighted by Crippen LogP contribution is 2.37. The van der Waals surface area contributed by atoms with Crippen LogP contribution in [0.4, 0.5) is 0 Å². The van der Waals surface area contributed by atoms with Gasteiger partial charge in [0.15, 0.2) is 0 Å². The molecular weight excluding hydrogens is 212 g/mol.